The quantitative estimate of drug-likeness (QED) is 0.848. The highest BCUT2D eigenvalue weighted by atomic mass is 19.1. The summed E-state index contributed by atoms with van der Waals surface area (Å²) < 4.78 is 19.4. The first kappa shape index (κ1) is 15.9. The Morgan fingerprint density at radius 3 is 2.76 bits per heavy atom. The fraction of sp³-hybridized carbons (Fsp3) is 0.625. The lowest BCUT2D eigenvalue weighted by atomic mass is 10.1. The van der Waals surface area contributed by atoms with E-state index >= 15 is 0 Å². The van der Waals surface area contributed by atoms with Gasteiger partial charge in [0.05, 0.1) is 17.5 Å². The lowest BCUT2D eigenvalue weighted by Gasteiger charge is -2.28. The smallest absolute Gasteiger partial charge is 0.167 e. The Labute approximate surface area is 126 Å². The second-order valence-corrected chi connectivity index (χ2v) is 6.17. The van der Waals surface area contributed by atoms with Crippen LogP contribution in [0.2, 0.25) is 0 Å². The molecule has 5 heteroatoms. The van der Waals surface area contributed by atoms with Crippen LogP contribution in [-0.2, 0) is 0 Å². The van der Waals surface area contributed by atoms with Gasteiger partial charge in [-0.3, -0.25) is 0 Å². The van der Waals surface area contributed by atoms with Crippen molar-refractivity contribution in [3.05, 3.63) is 17.9 Å². The molecule has 0 aliphatic carbocycles. The molecule has 21 heavy (non-hydrogen) atoms. The molecule has 4 nitrogen and oxygen atoms in total. The third-order valence-electron chi connectivity index (χ3n) is 4.01. The first-order chi connectivity index (χ1) is 9.88. The fourth-order valence-corrected chi connectivity index (χ4v) is 2.86. The molecule has 1 fully saturated rings. The van der Waals surface area contributed by atoms with Gasteiger partial charge in [-0.15, -0.1) is 0 Å². The Kier molecular flexibility index (Phi) is 4.93. The number of likely N-dealkylation sites (N-methyl/N-ethyl adjacent to an activating group) is 2. The van der Waals surface area contributed by atoms with E-state index in [1.807, 2.05) is 20.9 Å². The van der Waals surface area contributed by atoms with Gasteiger partial charge in [0.1, 0.15) is 0 Å². The topological polar surface area (TPSA) is 41.7 Å². The Bertz CT molecular complexity index is 493. The summed E-state index contributed by atoms with van der Waals surface area (Å²) in [6, 6.07) is 3.58. The van der Waals surface area contributed by atoms with Crippen LogP contribution in [0.3, 0.4) is 0 Å². The molecule has 2 rings (SSSR count). The normalized spacial score (nSPS) is 19.2. The molecule has 1 unspecified atom stereocenters. The van der Waals surface area contributed by atoms with Crippen LogP contribution in [0.5, 0.6) is 5.75 Å². The van der Waals surface area contributed by atoms with Gasteiger partial charge in [-0.1, -0.05) is 0 Å². The maximum atomic E-state index is 13.9. The monoisotopic (exact) mass is 295 g/mol. The Hall–Kier alpha value is -1.49. The van der Waals surface area contributed by atoms with Crippen LogP contribution in [0, 0.1) is 5.82 Å². The average Bonchev–Trinajstić information content (AvgIpc) is 2.78. The zero-order chi connectivity index (χ0) is 15.6. The lowest BCUT2D eigenvalue weighted by Crippen LogP contribution is -2.36. The molecule has 1 saturated heterocycles. The number of likely N-dealkylation sites (tertiary alicyclic amines) is 1. The molecular formula is C16H26FN3O. The summed E-state index contributed by atoms with van der Waals surface area (Å²) in [4.78, 5) is 4.45. The number of halogens is 1. The third-order valence-corrected chi connectivity index (χ3v) is 4.01. The van der Waals surface area contributed by atoms with Gasteiger partial charge in [0.15, 0.2) is 11.6 Å². The summed E-state index contributed by atoms with van der Waals surface area (Å²) in [7, 11) is 4.14. The van der Waals surface area contributed by atoms with Crippen LogP contribution in [0.1, 0.15) is 26.7 Å². The van der Waals surface area contributed by atoms with E-state index in [9.17, 15) is 4.39 Å². The van der Waals surface area contributed by atoms with E-state index in [0.29, 0.717) is 11.7 Å². The van der Waals surface area contributed by atoms with Crippen LogP contribution < -0.4 is 15.4 Å². The first-order valence-corrected chi connectivity index (χ1v) is 7.55. The maximum Gasteiger partial charge on any atom is 0.167 e. The molecular weight excluding hydrogens is 269 g/mol. The molecule has 0 spiro atoms. The van der Waals surface area contributed by atoms with Crippen molar-refractivity contribution in [1.29, 1.82) is 0 Å². The second-order valence-electron chi connectivity index (χ2n) is 6.17. The van der Waals surface area contributed by atoms with E-state index < -0.39 is 5.82 Å². The zero-order valence-electron chi connectivity index (χ0n) is 13.4. The van der Waals surface area contributed by atoms with Crippen molar-refractivity contribution in [3.8, 4) is 5.75 Å². The van der Waals surface area contributed by atoms with Crippen LogP contribution in [0.25, 0.3) is 0 Å². The van der Waals surface area contributed by atoms with Gasteiger partial charge in [0.25, 0.3) is 0 Å². The minimum absolute atomic E-state index is 0.0674. The summed E-state index contributed by atoms with van der Waals surface area (Å²) in [6.45, 7) is 5.78. The minimum atomic E-state index is -0.406. The van der Waals surface area contributed by atoms with Gasteiger partial charge in [-0.2, -0.15) is 0 Å². The molecule has 0 bridgehead atoms. The molecule has 0 aromatic heterocycles. The molecule has 0 amide bonds. The molecule has 0 radical (unpaired) electrons. The molecule has 1 aliphatic rings. The third kappa shape index (κ3) is 3.79. The van der Waals surface area contributed by atoms with E-state index in [1.165, 1.54) is 18.9 Å². The number of hydrogen-bond donors (Lipinski definition) is 1. The summed E-state index contributed by atoms with van der Waals surface area (Å²) in [5.74, 6) is -0.142. The van der Waals surface area contributed by atoms with Crippen molar-refractivity contribution in [2.75, 3.05) is 37.8 Å². The molecule has 1 aromatic rings. The average molecular weight is 295 g/mol. The predicted octanol–water partition coefficient (Wildman–Crippen LogP) is 2.73. The number of benzene rings is 1. The van der Waals surface area contributed by atoms with E-state index in [0.717, 1.165) is 18.8 Å². The predicted molar refractivity (Wildman–Crippen MR) is 85.5 cm³/mol. The van der Waals surface area contributed by atoms with Crippen LogP contribution in [-0.4, -0.2) is 44.2 Å². The van der Waals surface area contributed by atoms with Crippen LogP contribution in [0.15, 0.2) is 12.1 Å². The lowest BCUT2D eigenvalue weighted by molar-refractivity contribution is 0.231. The first-order valence-electron chi connectivity index (χ1n) is 7.55. The number of nitrogen functional groups attached to an aromatic ring is 1. The van der Waals surface area contributed by atoms with Gasteiger partial charge in [0, 0.05) is 31.8 Å². The van der Waals surface area contributed by atoms with Crippen molar-refractivity contribution in [2.45, 2.75) is 38.8 Å². The zero-order valence-corrected chi connectivity index (χ0v) is 13.4. The molecule has 1 aliphatic heterocycles. The van der Waals surface area contributed by atoms with Crippen molar-refractivity contribution in [1.82, 2.24) is 4.90 Å². The maximum absolute atomic E-state index is 13.9. The van der Waals surface area contributed by atoms with Crippen LogP contribution >= 0.6 is 0 Å². The summed E-state index contributed by atoms with van der Waals surface area (Å²) in [5.41, 5.74) is 7.26. The summed E-state index contributed by atoms with van der Waals surface area (Å²) in [6.07, 6.45) is 2.36. The van der Waals surface area contributed by atoms with E-state index in [2.05, 4.69) is 16.8 Å². The highest BCUT2D eigenvalue weighted by Gasteiger charge is 2.23. The standard InChI is InChI=1S/C16H26FN3O/c1-11(2)21-16-9-15(14(18)8-13(16)17)20(4)10-12-6-5-7-19(12)3/h8-9,11-12H,5-7,10,18H2,1-4H3. The second kappa shape index (κ2) is 6.52. The molecule has 2 N–H and O–H groups in total. The molecule has 118 valence electrons. The summed E-state index contributed by atoms with van der Waals surface area (Å²) >= 11 is 0. The number of ether oxygens (including phenoxy) is 1. The Morgan fingerprint density at radius 2 is 2.19 bits per heavy atom. The van der Waals surface area contributed by atoms with Gasteiger partial charge in [-0.05, 0) is 40.3 Å². The SMILES string of the molecule is CC(C)Oc1cc(N(C)CC2CCCN2C)c(N)cc1F. The Morgan fingerprint density at radius 1 is 1.48 bits per heavy atom. The highest BCUT2D eigenvalue weighted by molar-refractivity contribution is 5.69. The Balaban J connectivity index is 2.17. The summed E-state index contributed by atoms with van der Waals surface area (Å²) in [5, 5.41) is 0. The van der Waals surface area contributed by atoms with Crippen molar-refractivity contribution in [3.63, 3.8) is 0 Å². The van der Waals surface area contributed by atoms with Gasteiger partial charge < -0.3 is 20.3 Å². The number of hydrogen-bond acceptors (Lipinski definition) is 4. The molecule has 1 atom stereocenters. The molecule has 1 aromatic carbocycles. The van der Waals surface area contributed by atoms with E-state index in [1.54, 1.807) is 6.07 Å². The van der Waals surface area contributed by atoms with Gasteiger partial charge in [0.2, 0.25) is 0 Å². The number of anilines is 2. The minimum Gasteiger partial charge on any atom is -0.488 e. The fourth-order valence-electron chi connectivity index (χ4n) is 2.86. The van der Waals surface area contributed by atoms with Gasteiger partial charge in [-0.25, -0.2) is 4.39 Å². The highest BCUT2D eigenvalue weighted by Crippen LogP contribution is 2.32. The van der Waals surface area contributed by atoms with Crippen molar-refractivity contribution >= 4 is 11.4 Å². The number of nitrogens with zero attached hydrogens (tertiary/aromatic N) is 2. The van der Waals surface area contributed by atoms with E-state index in [4.69, 9.17) is 10.5 Å². The van der Waals surface area contributed by atoms with E-state index in [-0.39, 0.29) is 11.9 Å². The molecule has 0 saturated carbocycles. The number of nitrogens with two attached hydrogens (primary N) is 1. The van der Waals surface area contributed by atoms with Crippen molar-refractivity contribution < 1.29 is 9.13 Å². The number of rotatable bonds is 5. The van der Waals surface area contributed by atoms with Gasteiger partial charge >= 0.3 is 0 Å². The largest absolute Gasteiger partial charge is 0.488 e. The van der Waals surface area contributed by atoms with Crippen LogP contribution in [0.4, 0.5) is 15.8 Å². The molecule has 1 heterocycles. The van der Waals surface area contributed by atoms with Crippen molar-refractivity contribution in [2.24, 2.45) is 0 Å².